The molecule has 2 amide bonds. The van der Waals surface area contributed by atoms with Crippen LogP contribution in [-0.4, -0.2) is 38.1 Å². The quantitative estimate of drug-likeness (QED) is 0.798. The predicted octanol–water partition coefficient (Wildman–Crippen LogP) is 1.69. The predicted molar refractivity (Wildman–Crippen MR) is 93.6 cm³/mol. The summed E-state index contributed by atoms with van der Waals surface area (Å²) < 4.78 is 4.81. The Labute approximate surface area is 144 Å². The van der Waals surface area contributed by atoms with E-state index in [2.05, 4.69) is 34.9 Å². The van der Waals surface area contributed by atoms with Crippen LogP contribution < -0.4 is 10.6 Å². The van der Waals surface area contributed by atoms with Crippen LogP contribution in [0.4, 0.5) is 0 Å². The molecule has 2 atom stereocenters. The highest BCUT2D eigenvalue weighted by molar-refractivity contribution is 5.88. The van der Waals surface area contributed by atoms with Crippen molar-refractivity contribution in [1.82, 2.24) is 10.6 Å². The molecule has 5 nitrogen and oxygen atoms in total. The molecule has 0 aliphatic heterocycles. The number of carbonyl (C=O) groups excluding carboxylic acids is 2. The van der Waals surface area contributed by atoms with Gasteiger partial charge in [0, 0.05) is 13.7 Å². The second kappa shape index (κ2) is 8.83. The van der Waals surface area contributed by atoms with Gasteiger partial charge >= 0.3 is 0 Å². The molecule has 1 aromatic carbocycles. The number of hydrogen-bond donors (Lipinski definition) is 2. The molecule has 0 bridgehead atoms. The minimum atomic E-state index is -0.525. The van der Waals surface area contributed by atoms with Gasteiger partial charge in [-0.05, 0) is 42.2 Å². The number of aryl methyl sites for hydroxylation is 1. The molecule has 2 rings (SSSR count). The molecule has 1 aliphatic rings. The molecule has 0 saturated carbocycles. The van der Waals surface area contributed by atoms with Crippen molar-refractivity contribution in [3.05, 3.63) is 35.4 Å². The zero-order valence-corrected chi connectivity index (χ0v) is 14.8. The number of fused-ring (bicyclic) bond motifs is 1. The maximum Gasteiger partial charge on any atom is 0.246 e. The monoisotopic (exact) mass is 332 g/mol. The van der Waals surface area contributed by atoms with Crippen LogP contribution in [0.3, 0.4) is 0 Å². The Morgan fingerprint density at radius 3 is 2.62 bits per heavy atom. The Bertz CT molecular complexity index is 571. The van der Waals surface area contributed by atoms with Crippen LogP contribution in [0.25, 0.3) is 0 Å². The minimum absolute atomic E-state index is 0.0258. The van der Waals surface area contributed by atoms with Crippen molar-refractivity contribution in [3.63, 3.8) is 0 Å². The van der Waals surface area contributed by atoms with Crippen molar-refractivity contribution in [2.24, 2.45) is 11.8 Å². The van der Waals surface area contributed by atoms with Crippen molar-refractivity contribution in [3.8, 4) is 0 Å². The Balaban J connectivity index is 1.86. The zero-order valence-electron chi connectivity index (χ0n) is 14.8. The molecule has 0 aromatic heterocycles. The average Bonchev–Trinajstić information content (AvgIpc) is 2.57. The SMILES string of the molecule is COCC(=O)N[C@H](C(=O)NCC1CCc2ccccc2C1)C(C)C. The first kappa shape index (κ1) is 18.5. The summed E-state index contributed by atoms with van der Waals surface area (Å²) in [5.41, 5.74) is 2.81. The Hall–Kier alpha value is -1.88. The van der Waals surface area contributed by atoms with E-state index in [1.807, 2.05) is 13.8 Å². The van der Waals surface area contributed by atoms with E-state index in [1.54, 1.807) is 0 Å². The van der Waals surface area contributed by atoms with Gasteiger partial charge in [-0.3, -0.25) is 9.59 Å². The lowest BCUT2D eigenvalue weighted by molar-refractivity contribution is -0.132. The van der Waals surface area contributed by atoms with Crippen molar-refractivity contribution in [2.75, 3.05) is 20.3 Å². The lowest BCUT2D eigenvalue weighted by Gasteiger charge is -2.27. The molecular formula is C19H28N2O3. The van der Waals surface area contributed by atoms with E-state index < -0.39 is 6.04 Å². The van der Waals surface area contributed by atoms with Crippen molar-refractivity contribution in [2.45, 2.75) is 39.2 Å². The molecule has 1 aromatic rings. The van der Waals surface area contributed by atoms with E-state index in [4.69, 9.17) is 4.74 Å². The molecule has 1 aliphatic carbocycles. The van der Waals surface area contributed by atoms with E-state index >= 15 is 0 Å². The summed E-state index contributed by atoms with van der Waals surface area (Å²) in [6.45, 7) is 4.47. The normalized spacial score (nSPS) is 17.9. The summed E-state index contributed by atoms with van der Waals surface area (Å²) in [6, 6.07) is 7.98. The maximum absolute atomic E-state index is 12.4. The smallest absolute Gasteiger partial charge is 0.246 e. The molecule has 2 N–H and O–H groups in total. The van der Waals surface area contributed by atoms with Crippen LogP contribution in [0, 0.1) is 11.8 Å². The van der Waals surface area contributed by atoms with Gasteiger partial charge in [0.05, 0.1) is 0 Å². The summed E-state index contributed by atoms with van der Waals surface area (Å²) in [5.74, 6) is 0.0930. The van der Waals surface area contributed by atoms with Gasteiger partial charge in [-0.2, -0.15) is 0 Å². The van der Waals surface area contributed by atoms with E-state index in [1.165, 1.54) is 18.2 Å². The van der Waals surface area contributed by atoms with Crippen molar-refractivity contribution < 1.29 is 14.3 Å². The third-order valence-electron chi connectivity index (χ3n) is 4.55. The topological polar surface area (TPSA) is 67.4 Å². The Morgan fingerprint density at radius 1 is 1.25 bits per heavy atom. The molecule has 24 heavy (non-hydrogen) atoms. The van der Waals surface area contributed by atoms with Gasteiger partial charge in [-0.25, -0.2) is 0 Å². The molecule has 5 heteroatoms. The van der Waals surface area contributed by atoms with E-state index in [-0.39, 0.29) is 24.3 Å². The highest BCUT2D eigenvalue weighted by Crippen LogP contribution is 2.24. The van der Waals surface area contributed by atoms with E-state index in [9.17, 15) is 9.59 Å². The molecule has 0 spiro atoms. The summed E-state index contributed by atoms with van der Waals surface area (Å²) in [5, 5.41) is 5.76. The number of hydrogen-bond acceptors (Lipinski definition) is 3. The van der Waals surface area contributed by atoms with Gasteiger partial charge in [0.25, 0.3) is 0 Å². The third kappa shape index (κ3) is 5.06. The van der Waals surface area contributed by atoms with Gasteiger partial charge in [0.15, 0.2) is 0 Å². The summed E-state index contributed by atoms with van der Waals surface area (Å²) in [6.07, 6.45) is 3.15. The number of methoxy groups -OCH3 is 1. The summed E-state index contributed by atoms with van der Waals surface area (Å²) in [4.78, 5) is 24.1. The number of nitrogens with one attached hydrogen (secondary N) is 2. The lowest BCUT2D eigenvalue weighted by Crippen LogP contribution is -2.51. The number of carbonyl (C=O) groups is 2. The second-order valence-electron chi connectivity index (χ2n) is 6.84. The fourth-order valence-electron chi connectivity index (χ4n) is 3.18. The van der Waals surface area contributed by atoms with Crippen LogP contribution >= 0.6 is 0 Å². The maximum atomic E-state index is 12.4. The highest BCUT2D eigenvalue weighted by atomic mass is 16.5. The third-order valence-corrected chi connectivity index (χ3v) is 4.55. The first-order chi connectivity index (χ1) is 11.5. The summed E-state index contributed by atoms with van der Waals surface area (Å²) >= 11 is 0. The largest absolute Gasteiger partial charge is 0.375 e. The molecule has 0 heterocycles. The molecule has 1 unspecified atom stereocenters. The molecule has 0 fully saturated rings. The molecule has 0 radical (unpaired) electrons. The van der Waals surface area contributed by atoms with Crippen molar-refractivity contribution >= 4 is 11.8 Å². The first-order valence-electron chi connectivity index (χ1n) is 8.64. The van der Waals surface area contributed by atoms with Crippen molar-refractivity contribution in [1.29, 1.82) is 0 Å². The van der Waals surface area contributed by atoms with Crippen LogP contribution in [0.15, 0.2) is 24.3 Å². The van der Waals surface area contributed by atoms with Gasteiger partial charge in [-0.1, -0.05) is 38.1 Å². The molecular weight excluding hydrogens is 304 g/mol. The van der Waals surface area contributed by atoms with Gasteiger partial charge in [0.1, 0.15) is 12.6 Å². The minimum Gasteiger partial charge on any atom is -0.375 e. The van der Waals surface area contributed by atoms with E-state index in [0.29, 0.717) is 12.5 Å². The van der Waals surface area contributed by atoms with E-state index in [0.717, 1.165) is 19.3 Å². The zero-order chi connectivity index (χ0) is 17.5. The Morgan fingerprint density at radius 2 is 1.96 bits per heavy atom. The fraction of sp³-hybridized carbons (Fsp3) is 0.579. The van der Waals surface area contributed by atoms with Gasteiger partial charge < -0.3 is 15.4 Å². The Kier molecular flexibility index (Phi) is 6.79. The van der Waals surface area contributed by atoms with Gasteiger partial charge in [0.2, 0.25) is 11.8 Å². The summed E-state index contributed by atoms with van der Waals surface area (Å²) in [7, 11) is 1.46. The average molecular weight is 332 g/mol. The lowest BCUT2D eigenvalue weighted by atomic mass is 9.84. The fourth-order valence-corrected chi connectivity index (χ4v) is 3.18. The number of rotatable bonds is 7. The standard InChI is InChI=1S/C19H28N2O3/c1-13(2)18(21-17(22)12-24-3)19(23)20-11-14-8-9-15-6-4-5-7-16(15)10-14/h4-7,13-14,18H,8-12H2,1-3H3,(H,20,23)(H,21,22)/t14?,18-/m0/s1. The molecule has 132 valence electrons. The number of ether oxygens (including phenoxy) is 1. The molecule has 0 saturated heterocycles. The highest BCUT2D eigenvalue weighted by Gasteiger charge is 2.25. The second-order valence-corrected chi connectivity index (χ2v) is 6.84. The van der Waals surface area contributed by atoms with Crippen LogP contribution in [0.5, 0.6) is 0 Å². The number of amides is 2. The van der Waals surface area contributed by atoms with Crippen LogP contribution in [0.2, 0.25) is 0 Å². The van der Waals surface area contributed by atoms with Gasteiger partial charge in [-0.15, -0.1) is 0 Å². The van der Waals surface area contributed by atoms with Crippen LogP contribution in [0.1, 0.15) is 31.4 Å². The first-order valence-corrected chi connectivity index (χ1v) is 8.64. The number of benzene rings is 1. The van der Waals surface area contributed by atoms with Crippen LogP contribution in [-0.2, 0) is 27.2 Å².